The molecule has 0 radical (unpaired) electrons. The minimum atomic E-state index is -0.186. The number of benzene rings is 2. The number of pyridine rings is 1. The van der Waals surface area contributed by atoms with Crippen LogP contribution in [0.2, 0.25) is 0 Å². The molecular weight excluding hydrogens is 364 g/mol. The van der Waals surface area contributed by atoms with Crippen LogP contribution in [0.25, 0.3) is 0 Å². The third-order valence-electron chi connectivity index (χ3n) is 4.83. The molecule has 4 rings (SSSR count). The van der Waals surface area contributed by atoms with Crippen LogP contribution in [0.4, 0.5) is 17.1 Å². The maximum atomic E-state index is 12.3. The van der Waals surface area contributed by atoms with Gasteiger partial charge < -0.3 is 20.3 Å². The van der Waals surface area contributed by atoms with Crippen LogP contribution in [0.15, 0.2) is 72.9 Å². The number of nitrogens with zero attached hydrogens (tertiary/aromatic N) is 2. The summed E-state index contributed by atoms with van der Waals surface area (Å²) >= 11 is 0. The van der Waals surface area contributed by atoms with Gasteiger partial charge in [-0.05, 0) is 29.8 Å². The van der Waals surface area contributed by atoms with Crippen molar-refractivity contribution in [3.63, 3.8) is 0 Å². The summed E-state index contributed by atoms with van der Waals surface area (Å²) in [7, 11) is 0. The van der Waals surface area contributed by atoms with Gasteiger partial charge >= 0.3 is 0 Å². The number of nitrogens with one attached hydrogen (secondary N) is 2. The summed E-state index contributed by atoms with van der Waals surface area (Å²) in [5.74, 6) is -0.186. The van der Waals surface area contributed by atoms with E-state index in [0.717, 1.165) is 48.9 Å². The smallest absolute Gasteiger partial charge is 0.270 e. The van der Waals surface area contributed by atoms with Gasteiger partial charge in [0.25, 0.3) is 5.91 Å². The van der Waals surface area contributed by atoms with E-state index >= 15 is 0 Å². The molecule has 0 saturated carbocycles. The van der Waals surface area contributed by atoms with Gasteiger partial charge in [0.05, 0.1) is 36.5 Å². The van der Waals surface area contributed by atoms with Crippen LogP contribution in [-0.2, 0) is 11.3 Å². The Labute approximate surface area is 170 Å². The fraction of sp³-hybridized carbons (Fsp3) is 0.217. The molecule has 1 saturated heterocycles. The van der Waals surface area contributed by atoms with Crippen molar-refractivity contribution in [3.8, 4) is 0 Å². The fourth-order valence-corrected chi connectivity index (χ4v) is 3.29. The Kier molecular flexibility index (Phi) is 6.02. The molecule has 29 heavy (non-hydrogen) atoms. The number of carbonyl (C=O) groups is 1. The van der Waals surface area contributed by atoms with Gasteiger partial charge in [-0.3, -0.25) is 4.79 Å². The highest BCUT2D eigenvalue weighted by atomic mass is 16.5. The lowest BCUT2D eigenvalue weighted by Crippen LogP contribution is -2.36. The van der Waals surface area contributed by atoms with Crippen molar-refractivity contribution in [3.05, 3.63) is 84.2 Å². The molecule has 0 bridgehead atoms. The van der Waals surface area contributed by atoms with Crippen LogP contribution in [0.3, 0.4) is 0 Å². The highest BCUT2D eigenvalue weighted by molar-refractivity contribution is 5.92. The Bertz CT molecular complexity index is 939. The van der Waals surface area contributed by atoms with E-state index in [0.29, 0.717) is 12.2 Å². The van der Waals surface area contributed by atoms with Crippen molar-refractivity contribution >= 4 is 23.0 Å². The SMILES string of the molecule is O=C(NCc1ccccc1)c1ccc(Nc2ccccc2N2CCOCC2)cn1. The summed E-state index contributed by atoms with van der Waals surface area (Å²) in [4.78, 5) is 19.0. The fourth-order valence-electron chi connectivity index (χ4n) is 3.29. The molecule has 0 unspecified atom stereocenters. The van der Waals surface area contributed by atoms with Crippen molar-refractivity contribution in [1.82, 2.24) is 10.3 Å². The van der Waals surface area contributed by atoms with Gasteiger partial charge in [0.15, 0.2) is 0 Å². The van der Waals surface area contributed by atoms with Gasteiger partial charge in [-0.15, -0.1) is 0 Å². The minimum absolute atomic E-state index is 0.186. The predicted molar refractivity (Wildman–Crippen MR) is 115 cm³/mol. The first-order valence-electron chi connectivity index (χ1n) is 9.76. The van der Waals surface area contributed by atoms with Crippen LogP contribution in [0.5, 0.6) is 0 Å². The summed E-state index contributed by atoms with van der Waals surface area (Å²) in [6.07, 6.45) is 1.69. The average molecular weight is 388 g/mol. The maximum absolute atomic E-state index is 12.3. The second-order valence-electron chi connectivity index (χ2n) is 6.84. The van der Waals surface area contributed by atoms with Gasteiger partial charge in [-0.1, -0.05) is 42.5 Å². The molecule has 3 aromatic rings. The number of ether oxygens (including phenoxy) is 1. The van der Waals surface area contributed by atoms with E-state index in [4.69, 9.17) is 4.74 Å². The molecule has 1 aliphatic heterocycles. The Morgan fingerprint density at radius 3 is 2.48 bits per heavy atom. The third-order valence-corrected chi connectivity index (χ3v) is 4.83. The van der Waals surface area contributed by atoms with Gasteiger partial charge in [-0.25, -0.2) is 4.98 Å². The number of morpholine rings is 1. The van der Waals surface area contributed by atoms with Crippen molar-refractivity contribution in [2.24, 2.45) is 0 Å². The number of rotatable bonds is 6. The molecule has 1 aliphatic rings. The molecule has 1 fully saturated rings. The minimum Gasteiger partial charge on any atom is -0.378 e. The summed E-state index contributed by atoms with van der Waals surface area (Å²) in [6.45, 7) is 3.70. The van der Waals surface area contributed by atoms with E-state index in [1.54, 1.807) is 12.3 Å². The Morgan fingerprint density at radius 2 is 1.72 bits per heavy atom. The quantitative estimate of drug-likeness (QED) is 0.676. The van der Waals surface area contributed by atoms with Crippen LogP contribution < -0.4 is 15.5 Å². The number of amides is 1. The normalized spacial score (nSPS) is 13.7. The number of para-hydroxylation sites is 2. The Balaban J connectivity index is 1.40. The molecular formula is C23H24N4O2. The molecule has 0 spiro atoms. The summed E-state index contributed by atoms with van der Waals surface area (Å²) in [5, 5.41) is 6.31. The largest absolute Gasteiger partial charge is 0.378 e. The second kappa shape index (κ2) is 9.21. The predicted octanol–water partition coefficient (Wildman–Crippen LogP) is 3.59. The molecule has 6 heteroatoms. The Morgan fingerprint density at radius 1 is 0.966 bits per heavy atom. The third kappa shape index (κ3) is 4.92. The van der Waals surface area contributed by atoms with Gasteiger partial charge in [0.1, 0.15) is 5.69 Å². The zero-order chi connectivity index (χ0) is 19.9. The summed E-state index contributed by atoms with van der Waals surface area (Å²) in [6, 6.07) is 21.6. The van der Waals surface area contributed by atoms with Crippen LogP contribution in [0, 0.1) is 0 Å². The van der Waals surface area contributed by atoms with E-state index in [1.807, 2.05) is 54.6 Å². The van der Waals surface area contributed by atoms with E-state index in [9.17, 15) is 4.79 Å². The molecule has 1 aromatic heterocycles. The van der Waals surface area contributed by atoms with Crippen molar-refractivity contribution in [1.29, 1.82) is 0 Å². The van der Waals surface area contributed by atoms with Crippen molar-refractivity contribution in [2.75, 3.05) is 36.5 Å². The molecule has 2 aromatic carbocycles. The van der Waals surface area contributed by atoms with Crippen molar-refractivity contribution in [2.45, 2.75) is 6.54 Å². The zero-order valence-electron chi connectivity index (χ0n) is 16.2. The first kappa shape index (κ1) is 19.0. The van der Waals surface area contributed by atoms with E-state index in [1.165, 1.54) is 0 Å². The monoisotopic (exact) mass is 388 g/mol. The molecule has 1 amide bonds. The first-order valence-corrected chi connectivity index (χ1v) is 9.76. The van der Waals surface area contributed by atoms with Gasteiger partial charge in [0.2, 0.25) is 0 Å². The number of aromatic nitrogens is 1. The lowest BCUT2D eigenvalue weighted by molar-refractivity contribution is 0.0946. The molecule has 148 valence electrons. The average Bonchev–Trinajstić information content (AvgIpc) is 2.80. The standard InChI is InChI=1S/C23H24N4O2/c28-23(25-16-18-6-2-1-3-7-18)21-11-10-19(17-24-21)26-20-8-4-5-9-22(20)27-12-14-29-15-13-27/h1-11,17,26H,12-16H2,(H,25,28). The number of hydrogen-bond acceptors (Lipinski definition) is 5. The van der Waals surface area contributed by atoms with Crippen LogP contribution >= 0.6 is 0 Å². The van der Waals surface area contributed by atoms with E-state index < -0.39 is 0 Å². The molecule has 2 N–H and O–H groups in total. The van der Waals surface area contributed by atoms with E-state index in [-0.39, 0.29) is 5.91 Å². The van der Waals surface area contributed by atoms with Gasteiger partial charge in [0, 0.05) is 19.6 Å². The topological polar surface area (TPSA) is 66.5 Å². The lowest BCUT2D eigenvalue weighted by Gasteiger charge is -2.30. The highest BCUT2D eigenvalue weighted by Gasteiger charge is 2.15. The second-order valence-corrected chi connectivity index (χ2v) is 6.84. The van der Waals surface area contributed by atoms with Crippen molar-refractivity contribution < 1.29 is 9.53 Å². The van der Waals surface area contributed by atoms with Gasteiger partial charge in [-0.2, -0.15) is 0 Å². The maximum Gasteiger partial charge on any atom is 0.270 e. The van der Waals surface area contributed by atoms with Crippen LogP contribution in [0.1, 0.15) is 16.1 Å². The molecule has 0 aliphatic carbocycles. The van der Waals surface area contributed by atoms with Crippen LogP contribution in [-0.4, -0.2) is 37.2 Å². The molecule has 6 nitrogen and oxygen atoms in total. The molecule has 2 heterocycles. The summed E-state index contributed by atoms with van der Waals surface area (Å²) in [5.41, 5.74) is 4.44. The highest BCUT2D eigenvalue weighted by Crippen LogP contribution is 2.29. The summed E-state index contributed by atoms with van der Waals surface area (Å²) < 4.78 is 5.45. The first-order chi connectivity index (χ1) is 14.3. The zero-order valence-corrected chi connectivity index (χ0v) is 16.2. The number of hydrogen-bond donors (Lipinski definition) is 2. The lowest BCUT2D eigenvalue weighted by atomic mass is 10.2. The Hall–Kier alpha value is -3.38. The van der Waals surface area contributed by atoms with E-state index in [2.05, 4.69) is 26.6 Å². The number of carbonyl (C=O) groups excluding carboxylic acids is 1. The molecule has 0 atom stereocenters. The number of anilines is 3.